The molecule has 0 saturated carbocycles. The molecular weight excluding hydrogens is 272 g/mol. The van der Waals surface area contributed by atoms with E-state index in [1.54, 1.807) is 0 Å². The van der Waals surface area contributed by atoms with Crippen LogP contribution in [-0.2, 0) is 13.1 Å². The van der Waals surface area contributed by atoms with Gasteiger partial charge < -0.3 is 10.3 Å². The van der Waals surface area contributed by atoms with Crippen LogP contribution in [-0.4, -0.2) is 15.0 Å². The number of aryl methyl sites for hydroxylation is 1. The molecule has 0 amide bonds. The Morgan fingerprint density at radius 3 is 3.00 bits per heavy atom. The van der Waals surface area contributed by atoms with Gasteiger partial charge in [0.1, 0.15) is 10.5 Å². The van der Waals surface area contributed by atoms with Crippen molar-refractivity contribution in [1.82, 2.24) is 20.3 Å². The lowest BCUT2D eigenvalue weighted by atomic mass is 10.2. The van der Waals surface area contributed by atoms with Crippen molar-refractivity contribution in [2.24, 2.45) is 0 Å². The van der Waals surface area contributed by atoms with E-state index >= 15 is 0 Å². The lowest BCUT2D eigenvalue weighted by Gasteiger charge is -2.04. The van der Waals surface area contributed by atoms with Gasteiger partial charge in [-0.1, -0.05) is 6.07 Å². The van der Waals surface area contributed by atoms with E-state index < -0.39 is 0 Å². The molecule has 20 heavy (non-hydrogen) atoms. The van der Waals surface area contributed by atoms with Gasteiger partial charge in [-0.15, -0.1) is 11.3 Å². The molecule has 3 heterocycles. The maximum atomic E-state index is 11.8. The number of hydrogen-bond acceptors (Lipinski definition) is 5. The lowest BCUT2D eigenvalue weighted by molar-refractivity contribution is 0.661. The van der Waals surface area contributed by atoms with E-state index in [0.717, 1.165) is 16.8 Å². The molecule has 3 rings (SSSR count). The molecule has 102 valence electrons. The second kappa shape index (κ2) is 5.52. The van der Waals surface area contributed by atoms with Gasteiger partial charge in [0.05, 0.1) is 12.1 Å². The fourth-order valence-electron chi connectivity index (χ4n) is 1.93. The monoisotopic (exact) mass is 286 g/mol. The van der Waals surface area contributed by atoms with Crippen LogP contribution in [0.25, 0.3) is 10.2 Å². The summed E-state index contributed by atoms with van der Waals surface area (Å²) in [5, 5.41) is 5.13. The fourth-order valence-corrected chi connectivity index (χ4v) is 2.66. The molecule has 2 N–H and O–H groups in total. The maximum Gasteiger partial charge on any atom is 0.268 e. The Morgan fingerprint density at radius 1 is 1.30 bits per heavy atom. The number of nitrogens with one attached hydrogen (secondary N) is 2. The number of aromatic amines is 1. The first-order chi connectivity index (χ1) is 9.72. The normalized spacial score (nSPS) is 11.1. The Bertz CT molecular complexity index is 776. The number of hydrogen-bond donors (Lipinski definition) is 2. The van der Waals surface area contributed by atoms with Crippen LogP contribution in [0.2, 0.25) is 0 Å². The molecule has 3 aromatic rings. The molecule has 6 heteroatoms. The van der Waals surface area contributed by atoms with Crippen molar-refractivity contribution in [2.45, 2.75) is 20.0 Å². The van der Waals surface area contributed by atoms with E-state index in [1.165, 1.54) is 11.3 Å². The largest absolute Gasteiger partial charge is 0.308 e. The Labute approximate surface area is 119 Å². The van der Waals surface area contributed by atoms with Crippen LogP contribution in [0.15, 0.2) is 34.6 Å². The molecule has 5 nitrogen and oxygen atoms in total. The van der Waals surface area contributed by atoms with Gasteiger partial charge in [0.2, 0.25) is 0 Å². The molecule has 0 atom stereocenters. The van der Waals surface area contributed by atoms with E-state index in [2.05, 4.69) is 20.3 Å². The van der Waals surface area contributed by atoms with Crippen molar-refractivity contribution in [3.63, 3.8) is 0 Å². The van der Waals surface area contributed by atoms with Crippen LogP contribution in [0, 0.1) is 6.92 Å². The lowest BCUT2D eigenvalue weighted by Crippen LogP contribution is -2.18. The second-order valence-electron chi connectivity index (χ2n) is 4.56. The molecular formula is C14H14N4OS. The molecule has 0 fully saturated rings. The van der Waals surface area contributed by atoms with Crippen LogP contribution in [0.5, 0.6) is 0 Å². The summed E-state index contributed by atoms with van der Waals surface area (Å²) in [6, 6.07) is 5.88. The summed E-state index contributed by atoms with van der Waals surface area (Å²) in [6.45, 7) is 3.18. The molecule has 0 spiro atoms. The number of thiophene rings is 1. The van der Waals surface area contributed by atoms with Gasteiger partial charge in [0, 0.05) is 18.4 Å². The van der Waals surface area contributed by atoms with E-state index in [1.807, 2.05) is 36.7 Å². The van der Waals surface area contributed by atoms with Gasteiger partial charge >= 0.3 is 0 Å². The van der Waals surface area contributed by atoms with Gasteiger partial charge in [0.25, 0.3) is 5.56 Å². The molecule has 0 unspecified atom stereocenters. The molecule has 0 saturated heterocycles. The van der Waals surface area contributed by atoms with E-state index in [4.69, 9.17) is 0 Å². The number of aromatic nitrogens is 3. The average Bonchev–Trinajstić information content (AvgIpc) is 2.90. The topological polar surface area (TPSA) is 70.7 Å². The molecule has 0 bridgehead atoms. The molecule has 0 aliphatic heterocycles. The van der Waals surface area contributed by atoms with Crippen molar-refractivity contribution >= 4 is 21.6 Å². The molecule has 0 radical (unpaired) electrons. The average molecular weight is 286 g/mol. The van der Waals surface area contributed by atoms with Crippen LogP contribution >= 0.6 is 11.3 Å². The Morgan fingerprint density at radius 2 is 2.20 bits per heavy atom. The predicted octanol–water partition coefficient (Wildman–Crippen LogP) is 1.98. The highest BCUT2D eigenvalue weighted by Crippen LogP contribution is 2.13. The summed E-state index contributed by atoms with van der Waals surface area (Å²) in [5.41, 5.74) is 2.79. The minimum absolute atomic E-state index is 0.0706. The Balaban J connectivity index is 1.67. The number of rotatable bonds is 4. The summed E-state index contributed by atoms with van der Waals surface area (Å²) >= 11 is 1.41. The van der Waals surface area contributed by atoms with Crippen LogP contribution in [0.3, 0.4) is 0 Å². The minimum Gasteiger partial charge on any atom is -0.308 e. The van der Waals surface area contributed by atoms with Gasteiger partial charge in [-0.05, 0) is 30.0 Å². The zero-order chi connectivity index (χ0) is 13.9. The summed E-state index contributed by atoms with van der Waals surface area (Å²) < 4.78 is 0.677. The van der Waals surface area contributed by atoms with Crippen LogP contribution in [0.1, 0.15) is 17.1 Å². The Kier molecular flexibility index (Phi) is 3.58. The number of fused-ring (bicyclic) bond motifs is 1. The third kappa shape index (κ3) is 2.76. The summed E-state index contributed by atoms with van der Waals surface area (Å²) in [5.74, 6) is 0.654. The molecule has 0 aliphatic carbocycles. The molecule has 0 aliphatic rings. The van der Waals surface area contributed by atoms with Gasteiger partial charge in [-0.2, -0.15) is 0 Å². The first-order valence-corrected chi connectivity index (χ1v) is 7.19. The predicted molar refractivity (Wildman–Crippen MR) is 79.8 cm³/mol. The van der Waals surface area contributed by atoms with Gasteiger partial charge in [-0.25, -0.2) is 4.98 Å². The maximum absolute atomic E-state index is 11.8. The van der Waals surface area contributed by atoms with Crippen molar-refractivity contribution in [2.75, 3.05) is 0 Å². The highest BCUT2D eigenvalue weighted by molar-refractivity contribution is 7.17. The zero-order valence-electron chi connectivity index (χ0n) is 11.0. The highest BCUT2D eigenvalue weighted by Gasteiger charge is 2.04. The number of nitrogens with zero attached hydrogens (tertiary/aromatic N) is 2. The van der Waals surface area contributed by atoms with E-state index in [9.17, 15) is 4.79 Å². The van der Waals surface area contributed by atoms with Crippen LogP contribution < -0.4 is 10.9 Å². The summed E-state index contributed by atoms with van der Waals surface area (Å²) in [4.78, 5) is 23.3. The van der Waals surface area contributed by atoms with Crippen molar-refractivity contribution < 1.29 is 0 Å². The third-order valence-corrected chi connectivity index (χ3v) is 3.86. The molecule has 0 aromatic carbocycles. The first kappa shape index (κ1) is 13.0. The van der Waals surface area contributed by atoms with E-state index in [-0.39, 0.29) is 5.56 Å². The number of H-pyrrole nitrogens is 1. The van der Waals surface area contributed by atoms with Crippen molar-refractivity contribution in [3.8, 4) is 0 Å². The third-order valence-electron chi connectivity index (χ3n) is 2.96. The SMILES string of the molecule is Cc1ccc(CNCc2nc3ccsc3c(=O)[nH]2)cn1. The van der Waals surface area contributed by atoms with Crippen LogP contribution in [0.4, 0.5) is 0 Å². The Hall–Kier alpha value is -2.05. The quantitative estimate of drug-likeness (QED) is 0.769. The standard InChI is InChI=1S/C14H14N4OS/c1-9-2-3-10(7-16-9)6-15-8-12-17-11-4-5-20-13(11)14(19)18-12/h2-5,7,15H,6,8H2,1H3,(H,17,18,19). The zero-order valence-corrected chi connectivity index (χ0v) is 11.8. The van der Waals surface area contributed by atoms with Crippen molar-refractivity contribution in [1.29, 1.82) is 0 Å². The smallest absolute Gasteiger partial charge is 0.268 e. The summed E-state index contributed by atoms with van der Waals surface area (Å²) in [6.07, 6.45) is 1.85. The summed E-state index contributed by atoms with van der Waals surface area (Å²) in [7, 11) is 0. The van der Waals surface area contributed by atoms with Crippen molar-refractivity contribution in [3.05, 3.63) is 57.2 Å². The first-order valence-electron chi connectivity index (χ1n) is 6.31. The second-order valence-corrected chi connectivity index (χ2v) is 5.48. The molecule has 3 aromatic heterocycles. The fraction of sp³-hybridized carbons (Fsp3) is 0.214. The van der Waals surface area contributed by atoms with Gasteiger partial charge in [0.15, 0.2) is 0 Å². The number of pyridine rings is 1. The van der Waals surface area contributed by atoms with E-state index in [0.29, 0.717) is 23.6 Å². The minimum atomic E-state index is -0.0706. The van der Waals surface area contributed by atoms with Gasteiger partial charge in [-0.3, -0.25) is 9.78 Å². The highest BCUT2D eigenvalue weighted by atomic mass is 32.1.